The van der Waals surface area contributed by atoms with E-state index in [0.29, 0.717) is 25.7 Å². The van der Waals surface area contributed by atoms with E-state index in [9.17, 15) is 4.79 Å². The second-order valence-corrected chi connectivity index (χ2v) is 23.2. The number of amides is 1. The van der Waals surface area contributed by atoms with Gasteiger partial charge in [-0.05, 0) is 137 Å². The van der Waals surface area contributed by atoms with Crippen LogP contribution in [0.2, 0.25) is 18.1 Å². The molecule has 1 aromatic heterocycles. The fraction of sp³-hybridized carbons (Fsp3) is 0.558. The van der Waals surface area contributed by atoms with Gasteiger partial charge in [-0.25, -0.2) is 4.79 Å². The molecule has 2 bridgehead atoms. The van der Waals surface area contributed by atoms with Crippen molar-refractivity contribution in [3.63, 3.8) is 0 Å². The van der Waals surface area contributed by atoms with Crippen LogP contribution in [0.25, 0.3) is 32.8 Å². The molecular weight excluding hydrogens is 679 g/mol. The Kier molecular flexibility index (Phi) is 8.96. The van der Waals surface area contributed by atoms with Gasteiger partial charge in [-0.1, -0.05) is 51.1 Å². The van der Waals surface area contributed by atoms with Crippen molar-refractivity contribution in [2.45, 2.75) is 121 Å². The monoisotopic (exact) mass is 735 g/mol. The summed E-state index contributed by atoms with van der Waals surface area (Å²) in [5.41, 5.74) is 2.61. The quantitative estimate of drug-likeness (QED) is 0.174. The zero-order valence-corrected chi connectivity index (χ0v) is 34.0. The van der Waals surface area contributed by atoms with Crippen LogP contribution < -0.4 is 14.1 Å². The predicted octanol–water partition coefficient (Wildman–Crippen LogP) is 9.43. The van der Waals surface area contributed by atoms with Gasteiger partial charge in [0.15, 0.2) is 0 Å². The molecule has 282 valence electrons. The maximum atomic E-state index is 13.3. The minimum atomic E-state index is -2.07. The molecule has 1 amide bonds. The van der Waals surface area contributed by atoms with Crippen molar-refractivity contribution in [3.05, 3.63) is 54.6 Å². The minimum Gasteiger partial charge on any atom is -0.543 e. The molecule has 0 spiro atoms. The van der Waals surface area contributed by atoms with Crippen LogP contribution in [0.15, 0.2) is 54.6 Å². The number of carbonyl (C=O) groups excluding carboxylic acids is 1. The maximum Gasteiger partial charge on any atom is 0.410 e. The first kappa shape index (κ1) is 36.1. The van der Waals surface area contributed by atoms with E-state index in [1.807, 2.05) is 25.7 Å². The Hall–Kier alpha value is -3.89. The molecule has 0 radical (unpaired) electrons. The fourth-order valence-corrected chi connectivity index (χ4v) is 9.96. The number of ether oxygens (including phenoxy) is 2. The number of hydrogen-bond donors (Lipinski definition) is 0. The summed E-state index contributed by atoms with van der Waals surface area (Å²) in [6, 6.07) is 20.1. The highest BCUT2D eigenvalue weighted by Crippen LogP contribution is 2.43. The first-order valence-corrected chi connectivity index (χ1v) is 22.7. The number of nitrogens with zero attached hydrogens (tertiary/aromatic N) is 5. The van der Waals surface area contributed by atoms with Crippen molar-refractivity contribution in [2.24, 2.45) is 0 Å². The molecule has 4 aliphatic rings. The molecule has 0 N–H and O–H groups in total. The van der Waals surface area contributed by atoms with Gasteiger partial charge in [0, 0.05) is 18.5 Å². The molecule has 9 nitrogen and oxygen atoms in total. The second-order valence-electron chi connectivity index (χ2n) is 18.5. The Bertz CT molecular complexity index is 2010. The van der Waals surface area contributed by atoms with Gasteiger partial charge in [0.25, 0.3) is 0 Å². The summed E-state index contributed by atoms with van der Waals surface area (Å²) in [7, 11) is -2.07. The topological polar surface area (TPSA) is 80.3 Å². The van der Waals surface area contributed by atoms with Crippen LogP contribution in [0.1, 0.15) is 80.1 Å². The number of aromatic nitrogens is 2. The number of benzene rings is 3. The van der Waals surface area contributed by atoms with E-state index >= 15 is 0 Å². The van der Waals surface area contributed by atoms with Crippen molar-refractivity contribution in [3.8, 4) is 22.9 Å². The van der Waals surface area contributed by atoms with Gasteiger partial charge in [-0.15, -0.1) is 0 Å². The zero-order valence-electron chi connectivity index (χ0n) is 33.0. The Labute approximate surface area is 316 Å². The minimum absolute atomic E-state index is 0.0664. The van der Waals surface area contributed by atoms with Gasteiger partial charge in [-0.2, -0.15) is 9.97 Å². The first-order chi connectivity index (χ1) is 25.1. The summed E-state index contributed by atoms with van der Waals surface area (Å²) in [4.78, 5) is 30.6. The highest BCUT2D eigenvalue weighted by Gasteiger charge is 2.46. The predicted molar refractivity (Wildman–Crippen MR) is 216 cm³/mol. The van der Waals surface area contributed by atoms with Gasteiger partial charge in [0.2, 0.25) is 8.32 Å². The number of rotatable bonds is 7. The standard InChI is InChI=1S/C43H57N5O4Si/c1-41(2,3)51-40(49)48-31-16-17-32(48)27-46(26-31)38-35-18-15-30(24-37(35)44-39(45-38)50-28-43-19-11-21-47(43)22-12-20-43)36-25-33(52-53(7,8)42(4,5)6)23-29-13-9-10-14-34(29)36/h9-10,13-15,18,23-25,31-32H,11-12,16-17,19-22,26-28H2,1-8H3/t31-,32+. The van der Waals surface area contributed by atoms with Gasteiger partial charge in [0.1, 0.15) is 23.8 Å². The Morgan fingerprint density at radius 3 is 2.26 bits per heavy atom. The van der Waals surface area contributed by atoms with E-state index in [1.165, 1.54) is 18.2 Å². The van der Waals surface area contributed by atoms with Crippen LogP contribution in [0.5, 0.6) is 11.8 Å². The maximum absolute atomic E-state index is 13.3. The molecule has 53 heavy (non-hydrogen) atoms. The van der Waals surface area contributed by atoms with Crippen molar-refractivity contribution < 1.29 is 18.7 Å². The van der Waals surface area contributed by atoms with Crippen LogP contribution in [-0.4, -0.2) is 90.2 Å². The molecule has 4 fully saturated rings. The van der Waals surface area contributed by atoms with E-state index in [-0.39, 0.29) is 28.8 Å². The molecule has 0 saturated carbocycles. The van der Waals surface area contributed by atoms with Crippen LogP contribution >= 0.6 is 0 Å². The fourth-order valence-electron chi connectivity index (χ4n) is 8.94. The highest BCUT2D eigenvalue weighted by atomic mass is 28.4. The number of hydrogen-bond acceptors (Lipinski definition) is 8. The average molecular weight is 736 g/mol. The molecular formula is C43H57N5O4Si. The van der Waals surface area contributed by atoms with Gasteiger partial charge >= 0.3 is 12.1 Å². The highest BCUT2D eigenvalue weighted by molar-refractivity contribution is 6.74. The first-order valence-electron chi connectivity index (χ1n) is 19.8. The molecule has 2 atom stereocenters. The molecule has 4 aliphatic heterocycles. The lowest BCUT2D eigenvalue weighted by molar-refractivity contribution is 0.0122. The van der Waals surface area contributed by atoms with E-state index in [2.05, 4.69) is 98.3 Å². The van der Waals surface area contributed by atoms with Crippen LogP contribution in [0, 0.1) is 0 Å². The number of piperazine rings is 1. The SMILES string of the molecule is CC(C)(C)OC(=O)N1[C@@H]2CC[C@H]1CN(c1nc(OCC34CCCN3CCC4)nc3cc(-c4cc(O[Si](C)(C)C(C)(C)C)cc5ccccc45)ccc13)C2. The van der Waals surface area contributed by atoms with Crippen LogP contribution in [0.3, 0.4) is 0 Å². The van der Waals surface area contributed by atoms with Gasteiger partial charge in [0.05, 0.1) is 23.1 Å². The molecule has 10 heteroatoms. The number of anilines is 1. The summed E-state index contributed by atoms with van der Waals surface area (Å²) in [5, 5.41) is 3.40. The van der Waals surface area contributed by atoms with E-state index in [4.69, 9.17) is 23.9 Å². The van der Waals surface area contributed by atoms with Crippen molar-refractivity contribution >= 4 is 41.9 Å². The summed E-state index contributed by atoms with van der Waals surface area (Å²) >= 11 is 0. The Balaban J connectivity index is 1.18. The molecule has 3 aromatic carbocycles. The second kappa shape index (κ2) is 13.1. The third-order valence-electron chi connectivity index (χ3n) is 12.6. The van der Waals surface area contributed by atoms with E-state index in [1.54, 1.807) is 0 Å². The van der Waals surface area contributed by atoms with Crippen LogP contribution in [-0.2, 0) is 4.74 Å². The summed E-state index contributed by atoms with van der Waals surface area (Å²) < 4.78 is 19.4. The van der Waals surface area contributed by atoms with Crippen molar-refractivity contribution in [1.29, 1.82) is 0 Å². The third-order valence-corrected chi connectivity index (χ3v) is 17.0. The van der Waals surface area contributed by atoms with E-state index in [0.717, 1.165) is 77.8 Å². The number of carbonyl (C=O) groups is 1. The van der Waals surface area contributed by atoms with E-state index < -0.39 is 13.9 Å². The van der Waals surface area contributed by atoms with Crippen LogP contribution in [0.4, 0.5) is 10.6 Å². The lowest BCUT2D eigenvalue weighted by atomic mass is 9.95. The average Bonchev–Trinajstić information content (AvgIpc) is 3.75. The molecule has 4 aromatic rings. The summed E-state index contributed by atoms with van der Waals surface area (Å²) in [6.07, 6.45) is 6.45. The molecule has 5 heterocycles. The summed E-state index contributed by atoms with van der Waals surface area (Å²) in [5.74, 6) is 1.79. The van der Waals surface area contributed by atoms with Gasteiger partial charge in [-0.3, -0.25) is 9.80 Å². The third kappa shape index (κ3) is 6.86. The van der Waals surface area contributed by atoms with Gasteiger partial charge < -0.3 is 18.8 Å². The zero-order chi connectivity index (χ0) is 37.3. The lowest BCUT2D eigenvalue weighted by Crippen LogP contribution is -2.57. The largest absolute Gasteiger partial charge is 0.543 e. The van der Waals surface area contributed by atoms with Crippen molar-refractivity contribution in [1.82, 2.24) is 19.8 Å². The molecule has 4 saturated heterocycles. The molecule has 8 rings (SSSR count). The summed E-state index contributed by atoms with van der Waals surface area (Å²) in [6.45, 7) is 21.5. The Morgan fingerprint density at radius 2 is 1.58 bits per heavy atom. The number of fused-ring (bicyclic) bond motifs is 5. The molecule has 0 aliphatic carbocycles. The lowest BCUT2D eigenvalue weighted by Gasteiger charge is -2.42. The normalized spacial score (nSPS) is 21.7. The Morgan fingerprint density at radius 1 is 0.887 bits per heavy atom. The van der Waals surface area contributed by atoms with Crippen molar-refractivity contribution in [2.75, 3.05) is 37.7 Å². The molecule has 0 unspecified atom stereocenters. The smallest absolute Gasteiger partial charge is 0.410 e.